The van der Waals surface area contributed by atoms with E-state index < -0.39 is 16.1 Å². The topological polar surface area (TPSA) is 75.7 Å². The van der Waals surface area contributed by atoms with Crippen LogP contribution in [0.15, 0.2) is 48.5 Å². The van der Waals surface area contributed by atoms with Gasteiger partial charge in [-0.2, -0.15) is 0 Å². The van der Waals surface area contributed by atoms with Crippen LogP contribution in [-0.2, 0) is 14.8 Å². The monoisotopic (exact) mass is 452 g/mol. The number of nitrogens with one attached hydrogen (secondary N) is 1. The summed E-state index contributed by atoms with van der Waals surface area (Å²) in [7, 11) is -2.12. The van der Waals surface area contributed by atoms with Gasteiger partial charge in [-0.1, -0.05) is 43.6 Å². The Morgan fingerprint density at radius 3 is 2.27 bits per heavy atom. The summed E-state index contributed by atoms with van der Waals surface area (Å²) in [5.74, 6) is 0.666. The third kappa shape index (κ3) is 6.37. The number of anilines is 1. The van der Waals surface area contributed by atoms with Crippen molar-refractivity contribution in [1.82, 2.24) is 5.32 Å². The molecule has 1 amide bonds. The Morgan fingerprint density at radius 2 is 1.77 bits per heavy atom. The molecule has 0 aliphatic carbocycles. The first-order chi connectivity index (χ1) is 14.0. The predicted octanol–water partition coefficient (Wildman–Crippen LogP) is 4.41. The Kier molecular flexibility index (Phi) is 8.15. The van der Waals surface area contributed by atoms with Crippen LogP contribution in [0.1, 0.15) is 38.8 Å². The maximum atomic E-state index is 13.1. The molecule has 0 saturated heterocycles. The number of sulfonamides is 1. The fraction of sp³-hybridized carbons (Fsp3) is 0.409. The van der Waals surface area contributed by atoms with E-state index in [4.69, 9.17) is 16.3 Å². The lowest BCUT2D eigenvalue weighted by Gasteiger charge is -2.30. The van der Waals surface area contributed by atoms with Crippen molar-refractivity contribution >= 4 is 33.2 Å². The third-order valence-corrected chi connectivity index (χ3v) is 6.17. The minimum Gasteiger partial charge on any atom is -0.497 e. The molecule has 6 nitrogen and oxygen atoms in total. The van der Waals surface area contributed by atoms with Crippen molar-refractivity contribution in [1.29, 1.82) is 0 Å². The largest absolute Gasteiger partial charge is 0.497 e. The fourth-order valence-electron chi connectivity index (χ4n) is 3.30. The predicted molar refractivity (Wildman–Crippen MR) is 122 cm³/mol. The lowest BCUT2D eigenvalue weighted by molar-refractivity contribution is -0.122. The first-order valence-corrected chi connectivity index (χ1v) is 11.9. The molecule has 0 fully saturated rings. The van der Waals surface area contributed by atoms with Crippen molar-refractivity contribution < 1.29 is 17.9 Å². The van der Waals surface area contributed by atoms with Crippen LogP contribution >= 0.6 is 11.6 Å². The molecule has 0 aliphatic heterocycles. The van der Waals surface area contributed by atoms with Crippen molar-refractivity contribution in [2.75, 3.05) is 17.7 Å². The van der Waals surface area contributed by atoms with Crippen LogP contribution in [-0.4, -0.2) is 33.7 Å². The summed E-state index contributed by atoms with van der Waals surface area (Å²) in [6.45, 7) is 5.71. The van der Waals surface area contributed by atoms with Gasteiger partial charge in [-0.15, -0.1) is 0 Å². The normalized spacial score (nSPS) is 13.6. The molecule has 8 heteroatoms. The lowest BCUT2D eigenvalue weighted by Crippen LogP contribution is -2.48. The molecule has 0 aromatic heterocycles. The lowest BCUT2D eigenvalue weighted by atomic mass is 9.96. The van der Waals surface area contributed by atoms with E-state index in [0.717, 1.165) is 21.9 Å². The van der Waals surface area contributed by atoms with E-state index in [1.807, 2.05) is 24.3 Å². The van der Waals surface area contributed by atoms with E-state index in [1.165, 1.54) is 6.07 Å². The molecule has 0 radical (unpaired) electrons. The van der Waals surface area contributed by atoms with Gasteiger partial charge in [0, 0.05) is 5.02 Å². The Hall–Kier alpha value is -2.25. The summed E-state index contributed by atoms with van der Waals surface area (Å²) in [4.78, 5) is 13.1. The molecule has 164 valence electrons. The summed E-state index contributed by atoms with van der Waals surface area (Å²) in [5, 5.41) is 3.41. The van der Waals surface area contributed by atoms with Crippen molar-refractivity contribution in [2.24, 2.45) is 5.92 Å². The highest BCUT2D eigenvalue weighted by Gasteiger charge is 2.30. The van der Waals surface area contributed by atoms with Gasteiger partial charge < -0.3 is 10.1 Å². The van der Waals surface area contributed by atoms with Crippen molar-refractivity contribution in [3.8, 4) is 5.75 Å². The fourth-order valence-corrected chi connectivity index (χ4v) is 4.65. The van der Waals surface area contributed by atoms with Crippen molar-refractivity contribution in [2.45, 2.75) is 39.3 Å². The second kappa shape index (κ2) is 10.2. The number of rotatable bonds is 9. The minimum atomic E-state index is -3.71. The molecular weight excluding hydrogens is 424 g/mol. The Labute approximate surface area is 184 Å². The molecule has 0 unspecified atom stereocenters. The average molecular weight is 453 g/mol. The number of benzene rings is 2. The smallest absolute Gasteiger partial charge is 0.244 e. The molecule has 1 N–H and O–H groups in total. The number of ether oxygens (including phenoxy) is 1. The SMILES string of the molecule is COc1ccc([C@@H](CC(C)C)NC(=O)[C@H](C)N(c2cccc(Cl)c2)S(C)(=O)=O)cc1. The standard InChI is InChI=1S/C22H29ClN2O4S/c1-15(2)13-21(17-9-11-20(29-4)12-10-17)24-22(26)16(3)25(30(5,27)28)19-8-6-7-18(23)14-19/h6-12,14-16,21H,13H2,1-5H3,(H,24,26)/t16-,21+/m0/s1. The van der Waals surface area contributed by atoms with Crippen molar-refractivity contribution in [3.63, 3.8) is 0 Å². The summed E-state index contributed by atoms with van der Waals surface area (Å²) in [6, 6.07) is 12.7. The molecule has 2 atom stereocenters. The first kappa shape index (κ1) is 24.0. The van der Waals surface area contributed by atoms with Crippen LogP contribution in [0.25, 0.3) is 0 Å². The molecule has 0 saturated carbocycles. The Morgan fingerprint density at radius 1 is 1.13 bits per heavy atom. The third-order valence-electron chi connectivity index (χ3n) is 4.69. The van der Waals surface area contributed by atoms with Gasteiger partial charge in [-0.25, -0.2) is 8.42 Å². The maximum absolute atomic E-state index is 13.1. The zero-order valence-electron chi connectivity index (χ0n) is 17.9. The summed E-state index contributed by atoms with van der Waals surface area (Å²) >= 11 is 6.04. The van der Waals surface area contributed by atoms with Crippen LogP contribution in [0.5, 0.6) is 5.75 Å². The van der Waals surface area contributed by atoms with Gasteiger partial charge in [-0.05, 0) is 55.2 Å². The molecule has 0 aliphatic rings. The molecule has 30 heavy (non-hydrogen) atoms. The molecule has 0 heterocycles. The van der Waals surface area contributed by atoms with Gasteiger partial charge in [-0.3, -0.25) is 9.10 Å². The van der Waals surface area contributed by atoms with Gasteiger partial charge in [0.1, 0.15) is 11.8 Å². The number of nitrogens with zero attached hydrogens (tertiary/aromatic N) is 1. The van der Waals surface area contributed by atoms with E-state index in [-0.39, 0.29) is 11.9 Å². The highest BCUT2D eigenvalue weighted by molar-refractivity contribution is 7.92. The molecule has 2 aromatic carbocycles. The van der Waals surface area contributed by atoms with E-state index in [9.17, 15) is 13.2 Å². The number of hydrogen-bond acceptors (Lipinski definition) is 4. The number of carbonyl (C=O) groups excluding carboxylic acids is 1. The van der Waals surface area contributed by atoms with Gasteiger partial charge in [0.2, 0.25) is 15.9 Å². The molecule has 2 rings (SSSR count). The summed E-state index contributed by atoms with van der Waals surface area (Å²) < 4.78 is 31.3. The van der Waals surface area contributed by atoms with E-state index in [0.29, 0.717) is 23.0 Å². The van der Waals surface area contributed by atoms with Crippen LogP contribution in [0, 0.1) is 5.92 Å². The zero-order chi connectivity index (χ0) is 22.5. The van der Waals surface area contributed by atoms with Gasteiger partial charge in [0.15, 0.2) is 0 Å². The van der Waals surface area contributed by atoms with Gasteiger partial charge in [0.25, 0.3) is 0 Å². The highest BCUT2D eigenvalue weighted by atomic mass is 35.5. The van der Waals surface area contributed by atoms with Crippen LogP contribution in [0.4, 0.5) is 5.69 Å². The summed E-state index contributed by atoms with van der Waals surface area (Å²) in [6.07, 6.45) is 1.79. The van der Waals surface area contributed by atoms with E-state index in [1.54, 1.807) is 32.2 Å². The van der Waals surface area contributed by atoms with E-state index >= 15 is 0 Å². The minimum absolute atomic E-state index is 0.258. The van der Waals surface area contributed by atoms with E-state index in [2.05, 4.69) is 19.2 Å². The number of halogens is 1. The van der Waals surface area contributed by atoms with Crippen LogP contribution in [0.2, 0.25) is 5.02 Å². The molecular formula is C22H29ClN2O4S. The molecule has 0 spiro atoms. The van der Waals surface area contributed by atoms with Crippen LogP contribution in [0.3, 0.4) is 0 Å². The number of carbonyl (C=O) groups is 1. The molecule has 0 bridgehead atoms. The Balaban J connectivity index is 2.31. The first-order valence-electron chi connectivity index (χ1n) is 9.72. The number of methoxy groups -OCH3 is 1. The number of hydrogen-bond donors (Lipinski definition) is 1. The van der Waals surface area contributed by atoms with Crippen LogP contribution < -0.4 is 14.4 Å². The average Bonchev–Trinajstić information content (AvgIpc) is 2.66. The second-order valence-corrected chi connectivity index (χ2v) is 9.97. The molecule has 2 aromatic rings. The Bertz CT molecular complexity index is 961. The van der Waals surface area contributed by atoms with Crippen molar-refractivity contribution in [3.05, 3.63) is 59.1 Å². The highest BCUT2D eigenvalue weighted by Crippen LogP contribution is 2.27. The quantitative estimate of drug-likeness (QED) is 0.611. The second-order valence-electron chi connectivity index (χ2n) is 7.68. The zero-order valence-corrected chi connectivity index (χ0v) is 19.5. The number of amides is 1. The van der Waals surface area contributed by atoms with Gasteiger partial charge in [0.05, 0.1) is 25.1 Å². The summed E-state index contributed by atoms with van der Waals surface area (Å²) in [5.41, 5.74) is 1.27. The maximum Gasteiger partial charge on any atom is 0.244 e. The van der Waals surface area contributed by atoms with Gasteiger partial charge >= 0.3 is 0 Å².